The highest BCUT2D eigenvalue weighted by Gasteiger charge is 2.54. The molecule has 4 aliphatic rings. The highest BCUT2D eigenvalue weighted by molar-refractivity contribution is 5.02. The van der Waals surface area contributed by atoms with Gasteiger partial charge >= 0.3 is 0 Å². The smallest absolute Gasteiger partial charge is 0.187 e. The minimum absolute atomic E-state index is 0.0606. The van der Waals surface area contributed by atoms with Crippen molar-refractivity contribution in [1.82, 2.24) is 0 Å². The Morgan fingerprint density at radius 3 is 1.77 bits per heavy atom. The van der Waals surface area contributed by atoms with E-state index in [2.05, 4.69) is 0 Å². The number of aliphatic hydroxyl groups excluding tert-OH is 8. The van der Waals surface area contributed by atoms with Crippen LogP contribution in [0.2, 0.25) is 0 Å². The van der Waals surface area contributed by atoms with Crippen LogP contribution >= 0.6 is 0 Å². The molecule has 3 aliphatic heterocycles. The summed E-state index contributed by atoms with van der Waals surface area (Å²) in [6, 6.07) is -4.33. The van der Waals surface area contributed by atoms with Crippen molar-refractivity contribution in [2.45, 2.75) is 136 Å². The number of nitrogens with two attached hydrogens (primary N) is 5. The van der Waals surface area contributed by atoms with Crippen LogP contribution in [0.4, 0.5) is 0 Å². The van der Waals surface area contributed by atoms with Crippen LogP contribution in [0.25, 0.3) is 0 Å². The Labute approximate surface area is 247 Å². The highest BCUT2D eigenvalue weighted by Crippen LogP contribution is 2.34. The van der Waals surface area contributed by atoms with Gasteiger partial charge in [-0.05, 0) is 13.3 Å². The van der Waals surface area contributed by atoms with E-state index in [-0.39, 0.29) is 13.0 Å². The van der Waals surface area contributed by atoms with Crippen LogP contribution in [0.5, 0.6) is 0 Å². The maximum absolute atomic E-state index is 11.1. The molecule has 43 heavy (non-hydrogen) atoms. The third kappa shape index (κ3) is 7.00. The average Bonchev–Trinajstić information content (AvgIpc) is 3.26. The maximum Gasteiger partial charge on any atom is 0.187 e. The molecule has 0 aromatic heterocycles. The van der Waals surface area contributed by atoms with Crippen molar-refractivity contribution in [3.63, 3.8) is 0 Å². The molecule has 0 bridgehead atoms. The molecule has 18 N–H and O–H groups in total. The Kier molecular flexibility index (Phi) is 11.7. The van der Waals surface area contributed by atoms with Crippen LogP contribution in [0.15, 0.2) is 0 Å². The monoisotopic (exact) mass is 629 g/mol. The van der Waals surface area contributed by atoms with Crippen LogP contribution in [-0.4, -0.2) is 176 Å². The largest absolute Gasteiger partial charge is 0.394 e. The lowest BCUT2D eigenvalue weighted by Crippen LogP contribution is -2.68. The molecule has 0 aromatic rings. The summed E-state index contributed by atoms with van der Waals surface area (Å²) in [4.78, 5) is 0. The molecule has 0 spiro atoms. The van der Waals surface area contributed by atoms with Gasteiger partial charge in [-0.25, -0.2) is 0 Å². The topological polar surface area (TPSA) is 347 Å². The van der Waals surface area contributed by atoms with Gasteiger partial charge < -0.3 is 97.9 Å². The molecule has 252 valence electrons. The zero-order valence-electron chi connectivity index (χ0n) is 23.6. The van der Waals surface area contributed by atoms with Crippen LogP contribution in [0, 0.1) is 0 Å². The molecule has 20 atom stereocenters. The molecule has 4 rings (SSSR count). The van der Waals surface area contributed by atoms with Crippen molar-refractivity contribution in [2.24, 2.45) is 28.7 Å². The molecule has 19 heteroatoms. The zero-order valence-corrected chi connectivity index (χ0v) is 23.6. The van der Waals surface area contributed by atoms with Gasteiger partial charge in [0, 0.05) is 18.6 Å². The van der Waals surface area contributed by atoms with Crippen LogP contribution in [0.3, 0.4) is 0 Å². The number of rotatable bonds is 9. The van der Waals surface area contributed by atoms with Gasteiger partial charge in [0.25, 0.3) is 0 Å². The summed E-state index contributed by atoms with van der Waals surface area (Å²) in [5.41, 5.74) is 30.0. The molecule has 7 unspecified atom stereocenters. The number of hydrogen-bond donors (Lipinski definition) is 13. The normalized spacial score (nSPS) is 53.6. The Bertz CT molecular complexity index is 897. The molecule has 0 amide bonds. The Morgan fingerprint density at radius 2 is 1.19 bits per heavy atom. The van der Waals surface area contributed by atoms with Crippen molar-refractivity contribution >= 4 is 0 Å². The van der Waals surface area contributed by atoms with Gasteiger partial charge in [0.1, 0.15) is 67.1 Å². The molecule has 3 saturated heterocycles. The van der Waals surface area contributed by atoms with Crippen LogP contribution in [-0.2, 0) is 28.4 Å². The quantitative estimate of drug-likeness (QED) is 0.112. The summed E-state index contributed by atoms with van der Waals surface area (Å²) in [5, 5.41) is 83.2. The highest BCUT2D eigenvalue weighted by atomic mass is 16.8. The molecule has 1 saturated carbocycles. The van der Waals surface area contributed by atoms with Gasteiger partial charge in [-0.2, -0.15) is 0 Å². The van der Waals surface area contributed by atoms with E-state index < -0.39 is 129 Å². The van der Waals surface area contributed by atoms with Crippen molar-refractivity contribution < 1.29 is 69.3 Å². The van der Waals surface area contributed by atoms with Gasteiger partial charge in [-0.3, -0.25) is 0 Å². The summed E-state index contributed by atoms with van der Waals surface area (Å²) in [6.07, 6.45) is -21.9. The summed E-state index contributed by atoms with van der Waals surface area (Å²) < 4.78 is 34.6. The first-order valence-corrected chi connectivity index (χ1v) is 14.2. The second-order valence-electron chi connectivity index (χ2n) is 11.7. The predicted octanol–water partition coefficient (Wildman–Crippen LogP) is -8.47. The maximum atomic E-state index is 11.1. The Hall–Kier alpha value is -0.760. The minimum atomic E-state index is -1.62. The fourth-order valence-electron chi connectivity index (χ4n) is 5.90. The number of ether oxygens (including phenoxy) is 6. The lowest BCUT2D eigenvalue weighted by Gasteiger charge is -2.47. The van der Waals surface area contributed by atoms with E-state index in [0.717, 1.165) is 0 Å². The van der Waals surface area contributed by atoms with Crippen molar-refractivity contribution in [2.75, 3.05) is 13.2 Å². The van der Waals surface area contributed by atoms with Crippen molar-refractivity contribution in [1.29, 1.82) is 0 Å². The Morgan fingerprint density at radius 1 is 0.651 bits per heavy atom. The molecular weight excluding hydrogens is 582 g/mol. The summed E-state index contributed by atoms with van der Waals surface area (Å²) in [6.45, 7) is 0.509. The van der Waals surface area contributed by atoms with Gasteiger partial charge in [-0.15, -0.1) is 0 Å². The second-order valence-corrected chi connectivity index (χ2v) is 11.7. The van der Waals surface area contributed by atoms with Gasteiger partial charge in [0.2, 0.25) is 0 Å². The summed E-state index contributed by atoms with van der Waals surface area (Å²) in [7, 11) is 0. The van der Waals surface area contributed by atoms with Gasteiger partial charge in [0.15, 0.2) is 18.9 Å². The second kappa shape index (κ2) is 14.3. The molecule has 3 heterocycles. The molecule has 4 fully saturated rings. The van der Waals surface area contributed by atoms with E-state index in [1.54, 1.807) is 0 Å². The van der Waals surface area contributed by atoms with E-state index in [9.17, 15) is 40.9 Å². The van der Waals surface area contributed by atoms with Crippen LogP contribution in [0.1, 0.15) is 13.3 Å². The lowest BCUT2D eigenvalue weighted by atomic mass is 9.84. The predicted molar refractivity (Wildman–Crippen MR) is 141 cm³/mol. The third-order valence-electron chi connectivity index (χ3n) is 8.55. The van der Waals surface area contributed by atoms with Gasteiger partial charge in [0.05, 0.1) is 30.9 Å². The van der Waals surface area contributed by atoms with Gasteiger partial charge in [-0.1, -0.05) is 0 Å². The molecular formula is C24H47N5O14. The van der Waals surface area contributed by atoms with Crippen molar-refractivity contribution in [3.8, 4) is 0 Å². The molecule has 0 aromatic carbocycles. The first kappa shape index (κ1) is 35.1. The first-order valence-electron chi connectivity index (χ1n) is 14.2. The van der Waals surface area contributed by atoms with E-state index >= 15 is 0 Å². The fraction of sp³-hybridized carbons (Fsp3) is 1.00. The zero-order chi connectivity index (χ0) is 31.9. The third-order valence-corrected chi connectivity index (χ3v) is 8.55. The van der Waals surface area contributed by atoms with Crippen molar-refractivity contribution in [3.05, 3.63) is 0 Å². The Balaban J connectivity index is 1.50. The standard InChI is InChI=1S/C24H47N5O14/c1-5(31)18-16(36)15(35)11(29)23(40-18)41-19-7(27)2-6(26)12(32)21(19)43-24-17(37)20(9(4-30)39-24)42-22-10(28)14(34)13(33)8(3-25)38-22/h5-24,30-37H,2-4,25-29H2,1H3/t5-,6-,7?,8?,9-,10?,11?,12?,13-,14+,15-,16+,17?,18?,19-,20+,21-,22-,23-,24+/m1/s1. The van der Waals surface area contributed by atoms with E-state index in [1.807, 2.05) is 0 Å². The number of aliphatic hydroxyl groups is 8. The molecule has 19 nitrogen and oxygen atoms in total. The average molecular weight is 630 g/mol. The van der Waals surface area contributed by atoms with E-state index in [1.165, 1.54) is 6.92 Å². The number of hydrogen-bond acceptors (Lipinski definition) is 19. The summed E-state index contributed by atoms with van der Waals surface area (Å²) in [5.74, 6) is 0. The lowest BCUT2D eigenvalue weighted by molar-refractivity contribution is -0.315. The SMILES string of the molecule is C[C@@H](O)C1O[C@H](O[C@@H]2C(N)C[C@@H](N)C(O)[C@H]2O[C@@H]2O[C@H](CO)[C@H](O[C@H]3OC(CN)[C@@H](O)[C@@H](O)C3N)C2O)C(N)[C@@H](O)[C@@H]1O. The van der Waals surface area contributed by atoms with E-state index in [0.29, 0.717) is 0 Å². The van der Waals surface area contributed by atoms with Crippen LogP contribution < -0.4 is 28.7 Å². The minimum Gasteiger partial charge on any atom is -0.394 e. The summed E-state index contributed by atoms with van der Waals surface area (Å²) >= 11 is 0. The fourth-order valence-corrected chi connectivity index (χ4v) is 5.90. The molecule has 1 aliphatic carbocycles. The molecule has 0 radical (unpaired) electrons. The first-order chi connectivity index (χ1) is 20.2. The van der Waals surface area contributed by atoms with E-state index in [4.69, 9.17) is 57.1 Å².